The molecule has 20 heavy (non-hydrogen) atoms. The van der Waals surface area contributed by atoms with E-state index in [1.54, 1.807) is 0 Å². The molecular weight excluding hydrogens is 270 g/mol. The number of carbonyl (C=O) groups is 4. The van der Waals surface area contributed by atoms with Crippen LogP contribution in [-0.4, -0.2) is 64.0 Å². The zero-order valence-corrected chi connectivity index (χ0v) is 10.7. The second-order valence-electron chi connectivity index (χ2n) is 4.45. The average Bonchev–Trinajstić information content (AvgIpc) is 2.85. The van der Waals surface area contributed by atoms with Crippen LogP contribution in [0.3, 0.4) is 0 Å². The Labute approximate surface area is 114 Å². The largest absolute Gasteiger partial charge is 0.481 e. The van der Waals surface area contributed by atoms with Crippen molar-refractivity contribution in [1.82, 2.24) is 10.2 Å². The van der Waals surface area contributed by atoms with Gasteiger partial charge in [-0.25, -0.2) is 4.79 Å². The highest BCUT2D eigenvalue weighted by molar-refractivity contribution is 5.92. The van der Waals surface area contributed by atoms with Crippen molar-refractivity contribution in [2.45, 2.75) is 31.3 Å². The van der Waals surface area contributed by atoms with Crippen LogP contribution in [0.25, 0.3) is 0 Å². The first kappa shape index (κ1) is 15.9. The van der Waals surface area contributed by atoms with Gasteiger partial charge in [0, 0.05) is 6.54 Å². The summed E-state index contributed by atoms with van der Waals surface area (Å²) in [6, 6.07) is -2.31. The number of aliphatic carboxylic acids is 2. The molecule has 9 heteroatoms. The van der Waals surface area contributed by atoms with Crippen LogP contribution >= 0.6 is 0 Å². The van der Waals surface area contributed by atoms with Gasteiger partial charge >= 0.3 is 11.9 Å². The minimum absolute atomic E-state index is 0.235. The molecule has 1 rings (SSSR count). The molecule has 0 aromatic rings. The van der Waals surface area contributed by atoms with Gasteiger partial charge in [0.2, 0.25) is 11.8 Å². The van der Waals surface area contributed by atoms with Gasteiger partial charge in [-0.15, -0.1) is 0 Å². The molecule has 5 N–H and O–H groups in total. The molecule has 1 fully saturated rings. The summed E-state index contributed by atoms with van der Waals surface area (Å²) >= 11 is 0. The van der Waals surface area contributed by atoms with E-state index >= 15 is 0 Å². The maximum atomic E-state index is 12.0. The molecule has 0 aromatic heterocycles. The number of carbonyl (C=O) groups excluding carboxylic acids is 2. The molecule has 0 aliphatic carbocycles. The van der Waals surface area contributed by atoms with E-state index in [-0.39, 0.29) is 6.54 Å². The number of hydrogen-bond donors (Lipinski definition) is 4. The molecule has 0 saturated carbocycles. The number of hydrogen-bond acceptors (Lipinski definition) is 5. The molecular formula is C11H17N3O6. The van der Waals surface area contributed by atoms with E-state index < -0.39 is 42.3 Å². The summed E-state index contributed by atoms with van der Waals surface area (Å²) in [6.07, 6.45) is 0.288. The van der Waals surface area contributed by atoms with E-state index in [1.165, 1.54) is 4.90 Å². The van der Waals surface area contributed by atoms with Gasteiger partial charge in [-0.2, -0.15) is 0 Å². The van der Waals surface area contributed by atoms with Gasteiger partial charge in [0.05, 0.1) is 13.0 Å². The molecule has 9 nitrogen and oxygen atoms in total. The van der Waals surface area contributed by atoms with E-state index in [2.05, 4.69) is 5.32 Å². The van der Waals surface area contributed by atoms with Gasteiger partial charge in [-0.1, -0.05) is 0 Å². The van der Waals surface area contributed by atoms with Crippen LogP contribution in [0.5, 0.6) is 0 Å². The van der Waals surface area contributed by atoms with E-state index in [0.29, 0.717) is 19.4 Å². The minimum atomic E-state index is -1.52. The number of nitrogens with one attached hydrogen (secondary N) is 1. The normalized spacial score (nSPS) is 19.4. The van der Waals surface area contributed by atoms with Crippen LogP contribution < -0.4 is 11.1 Å². The van der Waals surface area contributed by atoms with Crippen molar-refractivity contribution in [3.63, 3.8) is 0 Å². The highest BCUT2D eigenvalue weighted by atomic mass is 16.4. The lowest BCUT2D eigenvalue weighted by atomic mass is 10.1. The lowest BCUT2D eigenvalue weighted by Gasteiger charge is -2.24. The number of nitrogens with zero attached hydrogens (tertiary/aromatic N) is 1. The summed E-state index contributed by atoms with van der Waals surface area (Å²) < 4.78 is 0. The fraction of sp³-hybridized carbons (Fsp3) is 0.636. The van der Waals surface area contributed by atoms with Crippen molar-refractivity contribution in [3.05, 3.63) is 0 Å². The number of nitrogens with two attached hydrogens (primary N) is 1. The predicted molar refractivity (Wildman–Crippen MR) is 65.6 cm³/mol. The lowest BCUT2D eigenvalue weighted by molar-refractivity contribution is -0.148. The molecule has 0 spiro atoms. The van der Waals surface area contributed by atoms with Gasteiger partial charge in [0.1, 0.15) is 12.1 Å². The quantitative estimate of drug-likeness (QED) is 0.440. The van der Waals surface area contributed by atoms with Gasteiger partial charge in [0.25, 0.3) is 0 Å². The smallest absolute Gasteiger partial charge is 0.326 e. The van der Waals surface area contributed by atoms with Gasteiger partial charge in [-0.05, 0) is 12.8 Å². The molecule has 1 heterocycles. The highest BCUT2D eigenvalue weighted by Gasteiger charge is 2.35. The van der Waals surface area contributed by atoms with Crippen LogP contribution in [0.15, 0.2) is 0 Å². The fourth-order valence-corrected chi connectivity index (χ4v) is 2.10. The van der Waals surface area contributed by atoms with Crippen molar-refractivity contribution in [2.75, 3.05) is 13.1 Å². The minimum Gasteiger partial charge on any atom is -0.481 e. The first-order valence-electron chi connectivity index (χ1n) is 6.11. The Morgan fingerprint density at radius 3 is 2.45 bits per heavy atom. The Kier molecular flexibility index (Phi) is 5.44. The fourth-order valence-electron chi connectivity index (χ4n) is 2.10. The third kappa shape index (κ3) is 3.92. The topological polar surface area (TPSA) is 150 Å². The van der Waals surface area contributed by atoms with Crippen LogP contribution in [0.1, 0.15) is 19.3 Å². The number of carboxylic acids is 2. The second-order valence-corrected chi connectivity index (χ2v) is 4.45. The van der Waals surface area contributed by atoms with Crippen LogP contribution in [0.2, 0.25) is 0 Å². The van der Waals surface area contributed by atoms with Crippen LogP contribution in [-0.2, 0) is 19.2 Å². The van der Waals surface area contributed by atoms with Gasteiger partial charge < -0.3 is 26.2 Å². The summed E-state index contributed by atoms with van der Waals surface area (Å²) in [7, 11) is 0. The molecule has 0 radical (unpaired) electrons. The van der Waals surface area contributed by atoms with Crippen molar-refractivity contribution in [1.29, 1.82) is 0 Å². The summed E-state index contributed by atoms with van der Waals surface area (Å²) in [5.41, 5.74) is 5.23. The Bertz CT molecular complexity index is 424. The maximum absolute atomic E-state index is 12.0. The number of likely N-dealkylation sites (tertiary alicyclic amines) is 1. The van der Waals surface area contributed by atoms with Crippen molar-refractivity contribution in [2.24, 2.45) is 5.73 Å². The Hall–Kier alpha value is -2.16. The maximum Gasteiger partial charge on any atom is 0.326 e. The molecule has 2 atom stereocenters. The molecule has 0 bridgehead atoms. The SMILES string of the molecule is NCC(=O)N1CCC[C@H]1C(=O)N[C@@H](CC(=O)O)C(=O)O. The molecule has 0 aromatic carbocycles. The Balaban J connectivity index is 2.70. The molecule has 112 valence electrons. The Morgan fingerprint density at radius 1 is 1.30 bits per heavy atom. The third-order valence-corrected chi connectivity index (χ3v) is 3.04. The predicted octanol–water partition coefficient (Wildman–Crippen LogP) is -2.02. The zero-order valence-electron chi connectivity index (χ0n) is 10.7. The molecule has 0 unspecified atom stereocenters. The van der Waals surface area contributed by atoms with Crippen molar-refractivity contribution >= 4 is 23.8 Å². The van der Waals surface area contributed by atoms with Crippen LogP contribution in [0, 0.1) is 0 Å². The summed E-state index contributed by atoms with van der Waals surface area (Å²) in [6.45, 7) is 0.145. The van der Waals surface area contributed by atoms with Crippen molar-refractivity contribution < 1.29 is 29.4 Å². The monoisotopic (exact) mass is 287 g/mol. The molecule has 1 aliphatic rings. The first-order valence-corrected chi connectivity index (χ1v) is 6.11. The number of rotatable bonds is 6. The van der Waals surface area contributed by atoms with Gasteiger partial charge in [-0.3, -0.25) is 14.4 Å². The van der Waals surface area contributed by atoms with Crippen molar-refractivity contribution in [3.8, 4) is 0 Å². The molecule has 1 aliphatic heterocycles. The Morgan fingerprint density at radius 2 is 1.95 bits per heavy atom. The number of amides is 2. The third-order valence-electron chi connectivity index (χ3n) is 3.04. The average molecular weight is 287 g/mol. The molecule has 1 saturated heterocycles. The highest BCUT2D eigenvalue weighted by Crippen LogP contribution is 2.17. The van der Waals surface area contributed by atoms with Crippen LogP contribution in [0.4, 0.5) is 0 Å². The van der Waals surface area contributed by atoms with E-state index in [4.69, 9.17) is 15.9 Å². The van der Waals surface area contributed by atoms with E-state index in [1.807, 2.05) is 0 Å². The summed E-state index contributed by atoms with van der Waals surface area (Å²) in [5.74, 6) is -3.83. The zero-order chi connectivity index (χ0) is 15.3. The summed E-state index contributed by atoms with van der Waals surface area (Å²) in [4.78, 5) is 46.2. The first-order chi connectivity index (χ1) is 9.36. The second kappa shape index (κ2) is 6.85. The number of carboxylic acid groups (broad SMARTS) is 2. The lowest BCUT2D eigenvalue weighted by Crippen LogP contribution is -2.52. The molecule has 2 amide bonds. The van der Waals surface area contributed by atoms with E-state index in [0.717, 1.165) is 0 Å². The van der Waals surface area contributed by atoms with Gasteiger partial charge in [0.15, 0.2) is 0 Å². The summed E-state index contributed by atoms with van der Waals surface area (Å²) in [5, 5.41) is 19.6. The van der Waals surface area contributed by atoms with E-state index in [9.17, 15) is 19.2 Å². The standard InChI is InChI=1S/C11H17N3O6/c12-5-8(15)14-3-1-2-7(14)10(18)13-6(11(19)20)4-9(16)17/h6-7H,1-5,12H2,(H,13,18)(H,16,17)(H,19,20)/t6-,7-/m0/s1.